The van der Waals surface area contributed by atoms with Gasteiger partial charge in [-0.1, -0.05) is 29.8 Å². The molecule has 6 heteroatoms. The first kappa shape index (κ1) is 19.6. The minimum atomic E-state index is -0.402. The van der Waals surface area contributed by atoms with Gasteiger partial charge in [0.1, 0.15) is 0 Å². The lowest BCUT2D eigenvalue weighted by atomic mass is 9.90. The van der Waals surface area contributed by atoms with E-state index in [0.29, 0.717) is 24.6 Å². The fraction of sp³-hybridized carbons (Fsp3) is 0.529. The topological polar surface area (TPSA) is 84.2 Å². The quantitative estimate of drug-likeness (QED) is 0.644. The summed E-state index contributed by atoms with van der Waals surface area (Å²) >= 11 is 3.32. The lowest BCUT2D eigenvalue weighted by Gasteiger charge is -2.31. The molecule has 4 N–H and O–H groups in total. The summed E-state index contributed by atoms with van der Waals surface area (Å²) in [7, 11) is 0. The zero-order chi connectivity index (χ0) is 17.5. The molecule has 23 heavy (non-hydrogen) atoms. The number of benzene rings is 1. The van der Waals surface area contributed by atoms with E-state index in [1.54, 1.807) is 24.3 Å². The van der Waals surface area contributed by atoms with Gasteiger partial charge in [-0.2, -0.15) is 0 Å². The van der Waals surface area contributed by atoms with Gasteiger partial charge in [0.05, 0.1) is 0 Å². The van der Waals surface area contributed by atoms with E-state index in [-0.39, 0.29) is 18.2 Å². The van der Waals surface area contributed by atoms with Crippen LogP contribution in [0.3, 0.4) is 0 Å². The highest BCUT2D eigenvalue weighted by molar-refractivity contribution is 9.10. The van der Waals surface area contributed by atoms with Crippen LogP contribution in [0.25, 0.3) is 0 Å². The second-order valence-corrected chi connectivity index (χ2v) is 7.34. The van der Waals surface area contributed by atoms with Crippen LogP contribution in [0.2, 0.25) is 0 Å². The molecule has 0 saturated carbocycles. The minimum Gasteiger partial charge on any atom is -0.352 e. The number of hydrogen-bond donors (Lipinski definition) is 3. The number of carbonyl (C=O) groups is 2. The van der Waals surface area contributed by atoms with Gasteiger partial charge < -0.3 is 16.4 Å². The van der Waals surface area contributed by atoms with Crippen LogP contribution in [-0.2, 0) is 4.79 Å². The van der Waals surface area contributed by atoms with Crippen LogP contribution < -0.4 is 16.4 Å². The van der Waals surface area contributed by atoms with Gasteiger partial charge in [0.2, 0.25) is 5.91 Å². The van der Waals surface area contributed by atoms with Crippen LogP contribution in [0.1, 0.15) is 44.0 Å². The van der Waals surface area contributed by atoms with Crippen LogP contribution >= 0.6 is 15.9 Å². The van der Waals surface area contributed by atoms with Crippen molar-refractivity contribution in [2.45, 2.75) is 39.2 Å². The molecular formula is C17H26BrN3O2. The summed E-state index contributed by atoms with van der Waals surface area (Å²) in [5, 5.41) is 5.72. The van der Waals surface area contributed by atoms with Gasteiger partial charge in [0.15, 0.2) is 0 Å². The Morgan fingerprint density at radius 2 is 1.87 bits per heavy atom. The van der Waals surface area contributed by atoms with Gasteiger partial charge in [-0.15, -0.1) is 0 Å². The lowest BCUT2D eigenvalue weighted by molar-refractivity contribution is -0.122. The number of rotatable bonds is 8. The summed E-state index contributed by atoms with van der Waals surface area (Å²) < 4.78 is 0.916. The molecule has 1 atom stereocenters. The monoisotopic (exact) mass is 383 g/mol. The molecule has 2 amide bonds. The van der Waals surface area contributed by atoms with Crippen LogP contribution in [0.15, 0.2) is 28.7 Å². The fourth-order valence-electron chi connectivity index (χ4n) is 2.48. The Hall–Kier alpha value is -1.40. The molecule has 0 spiro atoms. The molecule has 0 radical (unpaired) electrons. The van der Waals surface area contributed by atoms with Crippen LogP contribution in [0.4, 0.5) is 0 Å². The third-order valence-electron chi connectivity index (χ3n) is 3.49. The van der Waals surface area contributed by atoms with E-state index >= 15 is 0 Å². The lowest BCUT2D eigenvalue weighted by Crippen LogP contribution is -2.52. The molecule has 1 aromatic carbocycles. The summed E-state index contributed by atoms with van der Waals surface area (Å²) in [5.74, 6) is 0.157. The fourth-order valence-corrected chi connectivity index (χ4v) is 2.74. The summed E-state index contributed by atoms with van der Waals surface area (Å²) in [5.41, 5.74) is 5.95. The number of amides is 2. The van der Waals surface area contributed by atoms with E-state index in [0.717, 1.165) is 10.9 Å². The SMILES string of the molecule is CC(C)CC(C)(CN)NC(=O)CCNC(=O)c1ccc(Br)cc1. The molecule has 0 aliphatic rings. The second-order valence-electron chi connectivity index (χ2n) is 6.42. The van der Waals surface area contributed by atoms with Gasteiger partial charge in [0, 0.05) is 35.1 Å². The van der Waals surface area contributed by atoms with Crippen molar-refractivity contribution >= 4 is 27.7 Å². The van der Waals surface area contributed by atoms with Crippen molar-refractivity contribution < 1.29 is 9.59 Å². The Kier molecular flexibility index (Phi) is 7.72. The summed E-state index contributed by atoms with van der Waals surface area (Å²) in [6, 6.07) is 7.07. The van der Waals surface area contributed by atoms with E-state index in [1.165, 1.54) is 0 Å². The van der Waals surface area contributed by atoms with Crippen LogP contribution in [0.5, 0.6) is 0 Å². The number of nitrogens with one attached hydrogen (secondary N) is 2. The van der Waals surface area contributed by atoms with Gasteiger partial charge in [-0.25, -0.2) is 0 Å². The van der Waals surface area contributed by atoms with Crippen molar-refractivity contribution in [1.82, 2.24) is 10.6 Å². The van der Waals surface area contributed by atoms with E-state index in [2.05, 4.69) is 40.4 Å². The maximum Gasteiger partial charge on any atom is 0.251 e. The molecule has 0 aromatic heterocycles. The molecule has 1 unspecified atom stereocenters. The molecule has 0 aliphatic heterocycles. The molecule has 128 valence electrons. The number of halogens is 1. The Bertz CT molecular complexity index is 531. The highest BCUT2D eigenvalue weighted by atomic mass is 79.9. The number of nitrogens with two attached hydrogens (primary N) is 1. The van der Waals surface area contributed by atoms with E-state index in [4.69, 9.17) is 5.73 Å². The highest BCUT2D eigenvalue weighted by Crippen LogP contribution is 2.15. The molecular weight excluding hydrogens is 358 g/mol. The largest absolute Gasteiger partial charge is 0.352 e. The third kappa shape index (κ3) is 7.14. The number of hydrogen-bond acceptors (Lipinski definition) is 3. The Labute approximate surface area is 146 Å². The molecule has 5 nitrogen and oxygen atoms in total. The average Bonchev–Trinajstić information content (AvgIpc) is 2.46. The predicted octanol–water partition coefficient (Wildman–Crippen LogP) is 2.45. The first-order valence-electron chi connectivity index (χ1n) is 7.80. The molecule has 0 heterocycles. The van der Waals surface area contributed by atoms with Gasteiger partial charge >= 0.3 is 0 Å². The summed E-state index contributed by atoms with van der Waals surface area (Å²) in [6.45, 7) is 6.83. The standard InChI is InChI=1S/C17H26BrN3O2/c1-12(2)10-17(3,11-19)21-15(22)8-9-20-16(23)13-4-6-14(18)7-5-13/h4-7,12H,8-11,19H2,1-3H3,(H,20,23)(H,21,22). The zero-order valence-corrected chi connectivity index (χ0v) is 15.6. The summed E-state index contributed by atoms with van der Waals surface area (Å²) in [4.78, 5) is 24.0. The van der Waals surface area contributed by atoms with E-state index in [9.17, 15) is 9.59 Å². The molecule has 0 fully saturated rings. The van der Waals surface area contributed by atoms with Crippen molar-refractivity contribution in [3.05, 3.63) is 34.3 Å². The van der Waals surface area contributed by atoms with E-state index < -0.39 is 5.54 Å². The normalized spacial score (nSPS) is 13.5. The number of carbonyl (C=O) groups excluding carboxylic acids is 2. The maximum atomic E-state index is 12.0. The minimum absolute atomic E-state index is 0.102. The summed E-state index contributed by atoms with van der Waals surface area (Å²) in [6.07, 6.45) is 1.05. The van der Waals surface area contributed by atoms with Crippen molar-refractivity contribution in [1.29, 1.82) is 0 Å². The maximum absolute atomic E-state index is 12.0. The molecule has 1 aromatic rings. The molecule has 1 rings (SSSR count). The molecule has 0 bridgehead atoms. The van der Waals surface area contributed by atoms with E-state index in [1.807, 2.05) is 6.92 Å². The Balaban J connectivity index is 2.41. The molecule has 0 aliphatic carbocycles. The second kappa shape index (κ2) is 9.03. The van der Waals surface area contributed by atoms with Gasteiger partial charge in [0.25, 0.3) is 5.91 Å². The van der Waals surface area contributed by atoms with Crippen molar-refractivity contribution in [3.8, 4) is 0 Å². The first-order chi connectivity index (χ1) is 10.8. The van der Waals surface area contributed by atoms with Crippen molar-refractivity contribution in [2.75, 3.05) is 13.1 Å². The smallest absolute Gasteiger partial charge is 0.251 e. The third-order valence-corrected chi connectivity index (χ3v) is 4.02. The first-order valence-corrected chi connectivity index (χ1v) is 8.60. The highest BCUT2D eigenvalue weighted by Gasteiger charge is 2.25. The van der Waals surface area contributed by atoms with Gasteiger partial charge in [-0.05, 0) is 43.5 Å². The zero-order valence-electron chi connectivity index (χ0n) is 14.0. The predicted molar refractivity (Wildman–Crippen MR) is 96.1 cm³/mol. The Morgan fingerprint density at radius 3 is 2.39 bits per heavy atom. The van der Waals surface area contributed by atoms with Crippen molar-refractivity contribution in [2.24, 2.45) is 11.7 Å². The van der Waals surface area contributed by atoms with Gasteiger partial charge in [-0.3, -0.25) is 9.59 Å². The van der Waals surface area contributed by atoms with Crippen LogP contribution in [0, 0.1) is 5.92 Å². The molecule has 0 saturated heterocycles. The van der Waals surface area contributed by atoms with Crippen LogP contribution in [-0.4, -0.2) is 30.4 Å². The van der Waals surface area contributed by atoms with Crippen molar-refractivity contribution in [3.63, 3.8) is 0 Å². The Morgan fingerprint density at radius 1 is 1.26 bits per heavy atom. The average molecular weight is 384 g/mol.